The van der Waals surface area contributed by atoms with Crippen molar-refractivity contribution >= 4 is 5.97 Å². The molecule has 0 unspecified atom stereocenters. The van der Waals surface area contributed by atoms with Crippen molar-refractivity contribution in [3.63, 3.8) is 0 Å². The maximum absolute atomic E-state index is 10.7. The molecule has 0 bridgehead atoms. The van der Waals surface area contributed by atoms with Crippen molar-refractivity contribution in [2.45, 2.75) is 37.3 Å². The average molecular weight is 231 g/mol. The molecule has 8 heteroatoms. The van der Waals surface area contributed by atoms with E-state index in [1.807, 2.05) is 0 Å². The average Bonchev–Trinajstić information content (AvgIpc) is 2.24. The van der Waals surface area contributed by atoms with Gasteiger partial charge in [-0.05, 0) is 5.53 Å². The molecule has 1 rings (SSSR count). The number of hydrogen-bond acceptors (Lipinski definition) is 5. The Morgan fingerprint density at radius 1 is 1.62 bits per heavy atom. The third-order valence-corrected chi connectivity index (χ3v) is 2.37. The van der Waals surface area contributed by atoms with Crippen LogP contribution in [-0.2, 0) is 9.53 Å². The molecule has 0 aromatic heterocycles. The van der Waals surface area contributed by atoms with E-state index in [0.717, 1.165) is 0 Å². The molecule has 0 radical (unpaired) electrons. The van der Waals surface area contributed by atoms with Gasteiger partial charge in [0.15, 0.2) is 6.10 Å². The molecule has 1 aliphatic rings. The Balaban J connectivity index is 2.59. The smallest absolute Gasteiger partial charge is 0.332 e. The summed E-state index contributed by atoms with van der Waals surface area (Å²) in [7, 11) is 0. The summed E-state index contributed by atoms with van der Waals surface area (Å²) in [5, 5.41) is 30.8. The van der Waals surface area contributed by atoms with Gasteiger partial charge in [0.2, 0.25) is 0 Å². The van der Waals surface area contributed by atoms with Gasteiger partial charge >= 0.3 is 5.97 Å². The minimum atomic E-state index is -1.18. The lowest BCUT2D eigenvalue weighted by Crippen LogP contribution is -2.45. The quantitative estimate of drug-likeness (QED) is 0.345. The predicted octanol–water partition coefficient (Wildman–Crippen LogP) is -0.349. The van der Waals surface area contributed by atoms with E-state index in [4.69, 9.17) is 15.4 Å². The first-order chi connectivity index (χ1) is 7.54. The van der Waals surface area contributed by atoms with Gasteiger partial charge in [0.05, 0.1) is 24.9 Å². The second-order valence-electron chi connectivity index (χ2n) is 3.61. The van der Waals surface area contributed by atoms with Gasteiger partial charge in [0.1, 0.15) is 0 Å². The lowest BCUT2D eigenvalue weighted by Gasteiger charge is -2.33. The number of aliphatic hydroxyl groups excluding tert-OH is 2. The second kappa shape index (κ2) is 5.66. The summed E-state index contributed by atoms with van der Waals surface area (Å²) in [5.74, 6) is -1.18. The highest BCUT2D eigenvalue weighted by atomic mass is 16.5. The SMILES string of the molecule is [N-]=[N+]=NC[C@@H](O)[C@@H]1C[C@@H](O)C[C@H](C(=O)O)O1. The first-order valence-electron chi connectivity index (χ1n) is 4.80. The second-order valence-corrected chi connectivity index (χ2v) is 3.61. The Morgan fingerprint density at radius 3 is 2.88 bits per heavy atom. The number of aliphatic carboxylic acids is 1. The number of azide groups is 1. The minimum absolute atomic E-state index is 0.0000706. The molecule has 16 heavy (non-hydrogen) atoms. The van der Waals surface area contributed by atoms with Gasteiger partial charge in [-0.2, -0.15) is 0 Å². The zero-order chi connectivity index (χ0) is 12.1. The molecule has 0 aliphatic carbocycles. The monoisotopic (exact) mass is 231 g/mol. The van der Waals surface area contributed by atoms with Crippen LogP contribution >= 0.6 is 0 Å². The summed E-state index contributed by atoms with van der Waals surface area (Å²) in [6, 6.07) is 0. The van der Waals surface area contributed by atoms with Crippen LogP contribution in [0, 0.1) is 0 Å². The van der Waals surface area contributed by atoms with Crippen LogP contribution in [0.5, 0.6) is 0 Å². The Kier molecular flexibility index (Phi) is 4.51. The van der Waals surface area contributed by atoms with E-state index in [9.17, 15) is 15.0 Å². The van der Waals surface area contributed by atoms with Crippen LogP contribution in [0.25, 0.3) is 10.4 Å². The summed E-state index contributed by atoms with van der Waals surface area (Å²) in [5.41, 5.74) is 8.07. The van der Waals surface area contributed by atoms with Crippen LogP contribution in [-0.4, -0.2) is 52.2 Å². The number of carboxylic acids is 1. The van der Waals surface area contributed by atoms with Crippen molar-refractivity contribution in [1.82, 2.24) is 0 Å². The number of carboxylic acid groups (broad SMARTS) is 1. The first-order valence-corrected chi connectivity index (χ1v) is 4.80. The highest BCUT2D eigenvalue weighted by Gasteiger charge is 2.35. The maximum Gasteiger partial charge on any atom is 0.332 e. The van der Waals surface area contributed by atoms with Gasteiger partial charge in [-0.15, -0.1) is 0 Å². The Morgan fingerprint density at radius 2 is 2.31 bits per heavy atom. The van der Waals surface area contributed by atoms with E-state index >= 15 is 0 Å². The van der Waals surface area contributed by atoms with Crippen LogP contribution < -0.4 is 0 Å². The number of ether oxygens (including phenoxy) is 1. The van der Waals surface area contributed by atoms with Crippen molar-refractivity contribution in [1.29, 1.82) is 0 Å². The zero-order valence-corrected chi connectivity index (χ0v) is 8.43. The molecule has 3 N–H and O–H groups in total. The molecule has 1 heterocycles. The molecule has 1 fully saturated rings. The summed E-state index contributed by atoms with van der Waals surface area (Å²) in [6.45, 7) is -0.208. The molecule has 1 aliphatic heterocycles. The molecule has 8 nitrogen and oxygen atoms in total. The molecule has 0 spiro atoms. The molecule has 0 aromatic rings. The molecule has 0 saturated carbocycles. The molecular formula is C8H13N3O5. The fourth-order valence-corrected chi connectivity index (χ4v) is 1.58. The molecule has 4 atom stereocenters. The summed E-state index contributed by atoms with van der Waals surface area (Å²) < 4.78 is 5.08. The van der Waals surface area contributed by atoms with Crippen molar-refractivity contribution in [3.8, 4) is 0 Å². The fraction of sp³-hybridized carbons (Fsp3) is 0.875. The summed E-state index contributed by atoms with van der Waals surface area (Å²) >= 11 is 0. The standard InChI is InChI=1S/C8H13N3O5/c9-11-10-3-5(13)6-1-4(12)2-7(16-6)8(14)15/h4-7,12-13H,1-3H2,(H,14,15)/t4-,5-,6+,7-/m1/s1. The topological polar surface area (TPSA) is 136 Å². The van der Waals surface area contributed by atoms with Crippen molar-refractivity contribution in [2.75, 3.05) is 6.54 Å². The molecule has 0 aromatic carbocycles. The van der Waals surface area contributed by atoms with Gasteiger partial charge in [0, 0.05) is 17.8 Å². The van der Waals surface area contributed by atoms with E-state index in [0.29, 0.717) is 0 Å². The van der Waals surface area contributed by atoms with Crippen LogP contribution in [0.3, 0.4) is 0 Å². The largest absolute Gasteiger partial charge is 0.479 e. The van der Waals surface area contributed by atoms with Crippen LogP contribution in [0.1, 0.15) is 12.8 Å². The van der Waals surface area contributed by atoms with E-state index in [2.05, 4.69) is 10.0 Å². The van der Waals surface area contributed by atoms with Crippen LogP contribution in [0.4, 0.5) is 0 Å². The number of carbonyl (C=O) groups is 1. The highest BCUT2D eigenvalue weighted by Crippen LogP contribution is 2.22. The van der Waals surface area contributed by atoms with Crippen LogP contribution in [0.15, 0.2) is 5.11 Å². The molecule has 90 valence electrons. The number of aliphatic hydroxyl groups is 2. The van der Waals surface area contributed by atoms with Crippen molar-refractivity contribution < 1.29 is 24.9 Å². The maximum atomic E-state index is 10.7. The van der Waals surface area contributed by atoms with E-state index in [1.165, 1.54) is 0 Å². The minimum Gasteiger partial charge on any atom is -0.479 e. The zero-order valence-electron chi connectivity index (χ0n) is 8.43. The van der Waals surface area contributed by atoms with Crippen LogP contribution in [0.2, 0.25) is 0 Å². The van der Waals surface area contributed by atoms with Gasteiger partial charge < -0.3 is 20.1 Å². The van der Waals surface area contributed by atoms with Crippen molar-refractivity contribution in [2.24, 2.45) is 5.11 Å². The van der Waals surface area contributed by atoms with Gasteiger partial charge in [0.25, 0.3) is 0 Å². The van der Waals surface area contributed by atoms with Gasteiger partial charge in [-0.25, -0.2) is 4.79 Å². The first kappa shape index (κ1) is 12.7. The van der Waals surface area contributed by atoms with Crippen molar-refractivity contribution in [3.05, 3.63) is 10.4 Å². The molecule has 1 saturated heterocycles. The van der Waals surface area contributed by atoms with Gasteiger partial charge in [-0.1, -0.05) is 5.11 Å². The van der Waals surface area contributed by atoms with Gasteiger partial charge in [-0.3, -0.25) is 0 Å². The third kappa shape index (κ3) is 3.35. The fourth-order valence-electron chi connectivity index (χ4n) is 1.58. The number of rotatable bonds is 4. The summed E-state index contributed by atoms with van der Waals surface area (Å²) in [4.78, 5) is 13.2. The van der Waals surface area contributed by atoms with E-state index < -0.39 is 30.4 Å². The third-order valence-electron chi connectivity index (χ3n) is 2.37. The Labute approximate surface area is 91.1 Å². The molecular weight excluding hydrogens is 218 g/mol. The highest BCUT2D eigenvalue weighted by molar-refractivity contribution is 5.72. The Hall–Kier alpha value is -1.34. The number of nitrogens with zero attached hydrogens (tertiary/aromatic N) is 3. The molecule has 0 amide bonds. The predicted molar refractivity (Wildman–Crippen MR) is 51.6 cm³/mol. The lowest BCUT2D eigenvalue weighted by atomic mass is 9.97. The van der Waals surface area contributed by atoms with E-state index in [-0.39, 0.29) is 19.4 Å². The Bertz CT molecular complexity index is 304. The van der Waals surface area contributed by atoms with E-state index in [1.54, 1.807) is 0 Å². The lowest BCUT2D eigenvalue weighted by molar-refractivity contribution is -0.175. The number of hydrogen-bond donors (Lipinski definition) is 3. The normalized spacial score (nSPS) is 31.5. The summed E-state index contributed by atoms with van der Waals surface area (Å²) in [6.07, 6.45) is -3.76.